The number of unbranched alkanes of at least 4 members (excludes halogenated alkanes) is 12. The first-order valence-corrected chi connectivity index (χ1v) is 14.7. The Morgan fingerprint density at radius 2 is 1.38 bits per heavy atom. The fourth-order valence-electron chi connectivity index (χ4n) is 4.12. The van der Waals surface area contributed by atoms with E-state index >= 15 is 0 Å². The second-order valence-electron chi connectivity index (χ2n) is 9.68. The molecule has 1 aliphatic heterocycles. The largest absolute Gasteiger partial charge is 0.463 e. The maximum atomic E-state index is 11.9. The molecule has 0 aromatic heterocycles. The van der Waals surface area contributed by atoms with E-state index in [0.29, 0.717) is 0 Å². The summed E-state index contributed by atoms with van der Waals surface area (Å²) < 4.78 is 39.3. The fourth-order valence-corrected chi connectivity index (χ4v) is 4.37. The summed E-state index contributed by atoms with van der Waals surface area (Å²) in [5.74, 6) is -0.413. The van der Waals surface area contributed by atoms with Crippen LogP contribution in [0.25, 0.3) is 0 Å². The van der Waals surface area contributed by atoms with Gasteiger partial charge in [0.25, 0.3) is 0 Å². The average molecular weight is 557 g/mol. The molecule has 1 rings (SSSR count). The van der Waals surface area contributed by atoms with E-state index in [9.17, 15) is 29.4 Å². The molecule has 0 saturated carbocycles. The normalized spacial score (nSPS) is 25.6. The molecule has 0 bridgehead atoms. The molecule has 0 amide bonds. The third-order valence-electron chi connectivity index (χ3n) is 6.38. The second-order valence-corrected chi connectivity index (χ2v) is 10.3. The standard InChI is InChI=1S/C25H48O11S/c1-2-3-4-5-6-7-8-9-10-11-12-13-14-15-21(27)33-16-19(26)17-34-25-24(30)23(29)22(28)20(36-25)18-35-37(31)32/h19-20,22-26,28-30H,2-18H2,1H3,(H,31,32)/t19-,20-,22-,23+,24-,25+/m1/s1. The van der Waals surface area contributed by atoms with E-state index < -0.39 is 60.7 Å². The van der Waals surface area contributed by atoms with Gasteiger partial charge < -0.3 is 34.6 Å². The van der Waals surface area contributed by atoms with Crippen molar-refractivity contribution in [2.75, 3.05) is 19.8 Å². The number of rotatable bonds is 22. The Morgan fingerprint density at radius 1 is 0.838 bits per heavy atom. The van der Waals surface area contributed by atoms with Crippen LogP contribution < -0.4 is 0 Å². The van der Waals surface area contributed by atoms with Gasteiger partial charge in [-0.05, 0) is 6.42 Å². The van der Waals surface area contributed by atoms with Gasteiger partial charge in [0.2, 0.25) is 0 Å². The number of esters is 1. The molecular weight excluding hydrogens is 508 g/mol. The van der Waals surface area contributed by atoms with Gasteiger partial charge in [0.15, 0.2) is 6.29 Å². The van der Waals surface area contributed by atoms with E-state index in [2.05, 4.69) is 11.1 Å². The van der Waals surface area contributed by atoms with Crippen LogP contribution in [-0.4, -0.2) is 91.8 Å². The number of aliphatic hydroxyl groups is 4. The van der Waals surface area contributed by atoms with Gasteiger partial charge in [0.05, 0.1) is 13.2 Å². The quantitative estimate of drug-likeness (QED) is 0.0753. The Labute approximate surface area is 223 Å². The highest BCUT2D eigenvalue weighted by Gasteiger charge is 2.44. The van der Waals surface area contributed by atoms with Crippen LogP contribution in [0.5, 0.6) is 0 Å². The van der Waals surface area contributed by atoms with E-state index in [1.165, 1.54) is 64.2 Å². The number of hydrogen-bond donors (Lipinski definition) is 5. The van der Waals surface area contributed by atoms with Gasteiger partial charge in [-0.2, -0.15) is 4.21 Å². The van der Waals surface area contributed by atoms with Crippen LogP contribution in [0, 0.1) is 0 Å². The molecule has 0 aromatic rings. The molecule has 7 atom stereocenters. The van der Waals surface area contributed by atoms with Crippen molar-refractivity contribution >= 4 is 17.3 Å². The topological polar surface area (TPSA) is 172 Å². The van der Waals surface area contributed by atoms with E-state index in [1.807, 2.05) is 0 Å². The highest BCUT2D eigenvalue weighted by molar-refractivity contribution is 7.74. The first-order chi connectivity index (χ1) is 17.8. The molecule has 220 valence electrons. The Balaban J connectivity index is 2.07. The van der Waals surface area contributed by atoms with Gasteiger partial charge in [-0.1, -0.05) is 84.0 Å². The zero-order chi connectivity index (χ0) is 27.5. The lowest BCUT2D eigenvalue weighted by Gasteiger charge is -2.40. The summed E-state index contributed by atoms with van der Waals surface area (Å²) in [6.45, 7) is 1.01. The zero-order valence-corrected chi connectivity index (χ0v) is 22.9. The van der Waals surface area contributed by atoms with Crippen LogP contribution in [0.2, 0.25) is 0 Å². The highest BCUT2D eigenvalue weighted by Crippen LogP contribution is 2.23. The van der Waals surface area contributed by atoms with Crippen LogP contribution in [0.15, 0.2) is 0 Å². The van der Waals surface area contributed by atoms with Gasteiger partial charge in [0, 0.05) is 6.42 Å². The van der Waals surface area contributed by atoms with Crippen molar-refractivity contribution in [1.82, 2.24) is 0 Å². The third kappa shape index (κ3) is 16.1. The lowest BCUT2D eigenvalue weighted by Crippen LogP contribution is -2.59. The van der Waals surface area contributed by atoms with Crippen LogP contribution >= 0.6 is 0 Å². The molecule has 37 heavy (non-hydrogen) atoms. The van der Waals surface area contributed by atoms with Crippen molar-refractivity contribution in [1.29, 1.82) is 0 Å². The Morgan fingerprint density at radius 3 is 1.92 bits per heavy atom. The molecule has 0 aromatic carbocycles. The van der Waals surface area contributed by atoms with Gasteiger partial charge in [-0.25, -0.2) is 0 Å². The molecule has 1 heterocycles. The van der Waals surface area contributed by atoms with E-state index in [4.69, 9.17) is 18.8 Å². The number of ether oxygens (including phenoxy) is 3. The van der Waals surface area contributed by atoms with Crippen molar-refractivity contribution in [2.45, 2.75) is 134 Å². The number of carbonyl (C=O) groups is 1. The lowest BCUT2D eigenvalue weighted by molar-refractivity contribution is -0.303. The fraction of sp³-hybridized carbons (Fsp3) is 0.960. The molecule has 12 heteroatoms. The molecule has 5 N–H and O–H groups in total. The maximum absolute atomic E-state index is 11.9. The van der Waals surface area contributed by atoms with Gasteiger partial charge in [-0.15, -0.1) is 0 Å². The van der Waals surface area contributed by atoms with Crippen molar-refractivity contribution in [3.63, 3.8) is 0 Å². The molecule has 0 aliphatic carbocycles. The summed E-state index contributed by atoms with van der Waals surface area (Å²) in [6.07, 6.45) is 7.31. The third-order valence-corrected chi connectivity index (χ3v) is 6.71. The minimum absolute atomic E-state index is 0.272. The summed E-state index contributed by atoms with van der Waals surface area (Å²) in [5, 5.41) is 39.8. The summed E-state index contributed by atoms with van der Waals surface area (Å²) >= 11 is -2.60. The van der Waals surface area contributed by atoms with Crippen molar-refractivity contribution in [2.24, 2.45) is 0 Å². The molecule has 1 fully saturated rings. The monoisotopic (exact) mass is 556 g/mol. The van der Waals surface area contributed by atoms with E-state index in [-0.39, 0.29) is 19.6 Å². The zero-order valence-electron chi connectivity index (χ0n) is 22.1. The van der Waals surface area contributed by atoms with Crippen molar-refractivity contribution in [3.8, 4) is 0 Å². The molecule has 1 unspecified atom stereocenters. The number of aliphatic hydroxyl groups excluding tert-OH is 4. The predicted octanol–water partition coefficient (Wildman–Crippen LogP) is 2.35. The highest BCUT2D eigenvalue weighted by atomic mass is 32.2. The molecule has 1 aliphatic rings. The first-order valence-electron chi connectivity index (χ1n) is 13.6. The minimum atomic E-state index is -2.60. The summed E-state index contributed by atoms with van der Waals surface area (Å²) in [7, 11) is 0. The van der Waals surface area contributed by atoms with Gasteiger partial charge >= 0.3 is 17.3 Å². The molecule has 0 radical (unpaired) electrons. The second kappa shape index (κ2) is 21.2. The van der Waals surface area contributed by atoms with E-state index in [0.717, 1.165) is 19.3 Å². The SMILES string of the molecule is CCCCCCCCCCCCCCCC(=O)OC[C@@H](O)CO[C@H]1O[C@H](COS(=O)O)[C@@H](O)[C@H](O)[C@H]1O. The Bertz CT molecular complexity index is 609. The first kappa shape index (κ1) is 34.3. The van der Waals surface area contributed by atoms with Crippen molar-refractivity contribution < 1.29 is 52.4 Å². The van der Waals surface area contributed by atoms with Crippen LogP contribution in [-0.2, 0) is 34.5 Å². The summed E-state index contributed by atoms with van der Waals surface area (Å²) in [5.41, 5.74) is 0. The molecule has 1 saturated heterocycles. The van der Waals surface area contributed by atoms with Gasteiger partial charge in [-0.3, -0.25) is 13.5 Å². The number of hydrogen-bond acceptors (Lipinski definition) is 10. The van der Waals surface area contributed by atoms with Crippen LogP contribution in [0.1, 0.15) is 96.8 Å². The lowest BCUT2D eigenvalue weighted by atomic mass is 9.99. The van der Waals surface area contributed by atoms with Crippen LogP contribution in [0.4, 0.5) is 0 Å². The molecule has 11 nitrogen and oxygen atoms in total. The van der Waals surface area contributed by atoms with Crippen molar-refractivity contribution in [3.05, 3.63) is 0 Å². The summed E-state index contributed by atoms with van der Waals surface area (Å²) in [4.78, 5) is 11.9. The summed E-state index contributed by atoms with van der Waals surface area (Å²) in [6, 6.07) is 0. The van der Waals surface area contributed by atoms with E-state index in [1.54, 1.807) is 0 Å². The average Bonchev–Trinajstić information content (AvgIpc) is 2.87. The smallest absolute Gasteiger partial charge is 0.305 e. The minimum Gasteiger partial charge on any atom is -0.463 e. The Hall–Kier alpha value is -0.700. The number of carbonyl (C=O) groups excluding carboxylic acids is 1. The molecule has 0 spiro atoms. The maximum Gasteiger partial charge on any atom is 0.305 e. The van der Waals surface area contributed by atoms with Gasteiger partial charge in [0.1, 0.15) is 37.1 Å². The Kier molecular flexibility index (Phi) is 19.6. The predicted molar refractivity (Wildman–Crippen MR) is 137 cm³/mol. The van der Waals surface area contributed by atoms with Crippen LogP contribution in [0.3, 0.4) is 0 Å². The molecular formula is C25H48O11S.